The third kappa shape index (κ3) is 3.42. The standard InChI is InChI=1S/C17H19N6/c1-13-6-3-4-8-15(13)20-21-16-10-19-23(17(16)18)12-14-7-5-9-22(2)11-14/h3-11H,12,18H2,1-2H3/q+1. The Morgan fingerprint density at radius 2 is 1.91 bits per heavy atom. The number of pyridine rings is 1. The van der Waals surface area contributed by atoms with Crippen LogP contribution in [0.4, 0.5) is 17.2 Å². The number of nitrogens with two attached hydrogens (primary N) is 1. The molecule has 116 valence electrons. The number of nitrogens with zero attached hydrogens (tertiary/aromatic N) is 5. The van der Waals surface area contributed by atoms with E-state index in [9.17, 15) is 0 Å². The van der Waals surface area contributed by atoms with Crippen LogP contribution in [-0.2, 0) is 13.6 Å². The van der Waals surface area contributed by atoms with Gasteiger partial charge in [0.25, 0.3) is 0 Å². The van der Waals surface area contributed by atoms with Gasteiger partial charge < -0.3 is 5.73 Å². The number of anilines is 1. The second-order valence-corrected chi connectivity index (χ2v) is 5.44. The van der Waals surface area contributed by atoms with E-state index in [1.807, 2.05) is 67.3 Å². The fourth-order valence-corrected chi connectivity index (χ4v) is 2.29. The Kier molecular flexibility index (Phi) is 4.14. The van der Waals surface area contributed by atoms with E-state index in [0.717, 1.165) is 16.8 Å². The molecule has 1 aromatic carbocycles. The number of hydrogen-bond donors (Lipinski definition) is 1. The summed E-state index contributed by atoms with van der Waals surface area (Å²) in [6.45, 7) is 2.59. The highest BCUT2D eigenvalue weighted by Crippen LogP contribution is 2.25. The van der Waals surface area contributed by atoms with Crippen LogP contribution in [0.2, 0.25) is 0 Å². The molecule has 2 aromatic heterocycles. The summed E-state index contributed by atoms with van der Waals surface area (Å²) in [6.07, 6.45) is 5.66. The molecule has 0 unspecified atom stereocenters. The molecule has 3 rings (SSSR count). The van der Waals surface area contributed by atoms with Crippen molar-refractivity contribution < 1.29 is 4.57 Å². The number of hydrogen-bond acceptors (Lipinski definition) is 4. The molecule has 0 saturated heterocycles. The number of aromatic nitrogens is 3. The maximum Gasteiger partial charge on any atom is 0.173 e. The summed E-state index contributed by atoms with van der Waals surface area (Å²) >= 11 is 0. The van der Waals surface area contributed by atoms with Crippen molar-refractivity contribution >= 4 is 17.2 Å². The molecule has 6 heteroatoms. The molecular weight excluding hydrogens is 288 g/mol. The Bertz CT molecular complexity index is 850. The Morgan fingerprint density at radius 1 is 1.13 bits per heavy atom. The molecule has 0 aliphatic rings. The second kappa shape index (κ2) is 6.39. The summed E-state index contributed by atoms with van der Waals surface area (Å²) in [6, 6.07) is 11.9. The smallest absolute Gasteiger partial charge is 0.173 e. The molecule has 0 saturated carbocycles. The Morgan fingerprint density at radius 3 is 2.70 bits per heavy atom. The number of azo groups is 1. The molecule has 23 heavy (non-hydrogen) atoms. The van der Waals surface area contributed by atoms with E-state index in [-0.39, 0.29) is 0 Å². The van der Waals surface area contributed by atoms with Gasteiger partial charge in [0.2, 0.25) is 0 Å². The van der Waals surface area contributed by atoms with E-state index in [2.05, 4.69) is 15.3 Å². The van der Waals surface area contributed by atoms with Crippen molar-refractivity contribution in [2.75, 3.05) is 5.73 Å². The number of nitrogen functional groups attached to an aromatic ring is 1. The van der Waals surface area contributed by atoms with Crippen LogP contribution in [0.25, 0.3) is 0 Å². The minimum atomic E-state index is 0.508. The highest BCUT2D eigenvalue weighted by atomic mass is 15.3. The van der Waals surface area contributed by atoms with Crippen molar-refractivity contribution in [3.8, 4) is 0 Å². The molecule has 2 N–H and O–H groups in total. The molecule has 0 atom stereocenters. The van der Waals surface area contributed by atoms with Gasteiger partial charge in [-0.15, -0.1) is 5.11 Å². The van der Waals surface area contributed by atoms with Crippen molar-refractivity contribution in [2.45, 2.75) is 13.5 Å². The van der Waals surface area contributed by atoms with Crippen LogP contribution >= 0.6 is 0 Å². The lowest BCUT2D eigenvalue weighted by Gasteiger charge is -2.03. The van der Waals surface area contributed by atoms with Gasteiger partial charge in [-0.05, 0) is 24.6 Å². The van der Waals surface area contributed by atoms with Crippen LogP contribution in [0.3, 0.4) is 0 Å². The van der Waals surface area contributed by atoms with Crippen LogP contribution in [-0.4, -0.2) is 9.78 Å². The quantitative estimate of drug-likeness (QED) is 0.594. The maximum absolute atomic E-state index is 6.13. The molecule has 0 amide bonds. The second-order valence-electron chi connectivity index (χ2n) is 5.44. The zero-order valence-corrected chi connectivity index (χ0v) is 13.2. The van der Waals surface area contributed by atoms with Crippen molar-refractivity contribution in [3.05, 3.63) is 66.1 Å². The molecule has 0 radical (unpaired) electrons. The van der Waals surface area contributed by atoms with Gasteiger partial charge in [-0.2, -0.15) is 10.2 Å². The fraction of sp³-hybridized carbons (Fsp3) is 0.176. The van der Waals surface area contributed by atoms with Crippen molar-refractivity contribution in [3.63, 3.8) is 0 Å². The lowest BCUT2D eigenvalue weighted by atomic mass is 10.2. The van der Waals surface area contributed by atoms with Gasteiger partial charge in [0.15, 0.2) is 12.4 Å². The first-order valence-corrected chi connectivity index (χ1v) is 7.36. The minimum absolute atomic E-state index is 0.508. The van der Waals surface area contributed by atoms with Gasteiger partial charge in [0.05, 0.1) is 18.4 Å². The summed E-state index contributed by atoms with van der Waals surface area (Å²) in [7, 11) is 1.98. The van der Waals surface area contributed by atoms with Crippen LogP contribution in [0, 0.1) is 6.92 Å². The number of rotatable bonds is 4. The monoisotopic (exact) mass is 307 g/mol. The number of benzene rings is 1. The largest absolute Gasteiger partial charge is 0.382 e. The first kappa shape index (κ1) is 14.9. The molecule has 0 spiro atoms. The van der Waals surface area contributed by atoms with E-state index in [0.29, 0.717) is 18.1 Å². The third-order valence-corrected chi connectivity index (χ3v) is 3.57. The lowest BCUT2D eigenvalue weighted by Crippen LogP contribution is -2.27. The van der Waals surface area contributed by atoms with Crippen molar-refractivity contribution in [2.24, 2.45) is 17.3 Å². The van der Waals surface area contributed by atoms with Crippen LogP contribution in [0.5, 0.6) is 0 Å². The van der Waals surface area contributed by atoms with Gasteiger partial charge in [-0.25, -0.2) is 9.25 Å². The van der Waals surface area contributed by atoms with Crippen LogP contribution in [0.15, 0.2) is 65.2 Å². The zero-order valence-electron chi connectivity index (χ0n) is 13.2. The molecule has 3 aromatic rings. The van der Waals surface area contributed by atoms with Crippen LogP contribution in [0.1, 0.15) is 11.1 Å². The van der Waals surface area contributed by atoms with E-state index in [1.54, 1.807) is 10.9 Å². The van der Waals surface area contributed by atoms with Crippen molar-refractivity contribution in [1.82, 2.24) is 9.78 Å². The van der Waals surface area contributed by atoms with E-state index in [1.165, 1.54) is 0 Å². The summed E-state index contributed by atoms with van der Waals surface area (Å²) < 4.78 is 3.72. The lowest BCUT2D eigenvalue weighted by molar-refractivity contribution is -0.671. The van der Waals surface area contributed by atoms with Gasteiger partial charge in [-0.1, -0.05) is 18.2 Å². The highest BCUT2D eigenvalue weighted by molar-refractivity contribution is 5.57. The third-order valence-electron chi connectivity index (χ3n) is 3.57. The molecule has 0 aliphatic heterocycles. The zero-order chi connectivity index (χ0) is 16.2. The first-order valence-electron chi connectivity index (χ1n) is 7.36. The highest BCUT2D eigenvalue weighted by Gasteiger charge is 2.09. The summed E-state index contributed by atoms with van der Waals surface area (Å²) in [5.41, 5.74) is 9.72. The van der Waals surface area contributed by atoms with Crippen LogP contribution < -0.4 is 10.3 Å². The Hall–Kier alpha value is -3.02. The molecule has 0 aliphatic carbocycles. The minimum Gasteiger partial charge on any atom is -0.382 e. The summed E-state index contributed by atoms with van der Waals surface area (Å²) in [5, 5.41) is 12.8. The summed E-state index contributed by atoms with van der Waals surface area (Å²) in [5.74, 6) is 0.508. The molecule has 0 bridgehead atoms. The van der Waals surface area contributed by atoms with Gasteiger partial charge in [-0.3, -0.25) is 0 Å². The van der Waals surface area contributed by atoms with Gasteiger partial charge in [0.1, 0.15) is 18.6 Å². The fourth-order valence-electron chi connectivity index (χ4n) is 2.29. The number of aryl methyl sites for hydroxylation is 2. The predicted molar refractivity (Wildman–Crippen MR) is 88.7 cm³/mol. The van der Waals surface area contributed by atoms with E-state index < -0.39 is 0 Å². The Labute approximate surface area is 134 Å². The normalized spacial score (nSPS) is 11.2. The average molecular weight is 307 g/mol. The predicted octanol–water partition coefficient (Wildman–Crippen LogP) is 3.06. The maximum atomic E-state index is 6.13. The average Bonchev–Trinajstić information content (AvgIpc) is 2.87. The molecule has 2 heterocycles. The topological polar surface area (TPSA) is 72.4 Å². The van der Waals surface area contributed by atoms with E-state index >= 15 is 0 Å². The molecule has 0 fully saturated rings. The van der Waals surface area contributed by atoms with Crippen molar-refractivity contribution in [1.29, 1.82) is 0 Å². The van der Waals surface area contributed by atoms with Gasteiger partial charge in [0, 0.05) is 11.6 Å². The molecule has 6 nitrogen and oxygen atoms in total. The SMILES string of the molecule is Cc1ccccc1N=Nc1cnn(Cc2ccc[n+](C)c2)c1N. The first-order chi connectivity index (χ1) is 11.1. The van der Waals surface area contributed by atoms with Gasteiger partial charge >= 0.3 is 0 Å². The Balaban J connectivity index is 1.81. The molecular formula is C17H19N6+. The summed E-state index contributed by atoms with van der Waals surface area (Å²) in [4.78, 5) is 0. The van der Waals surface area contributed by atoms with E-state index in [4.69, 9.17) is 5.73 Å².